The molecule has 0 fully saturated rings. The lowest BCUT2D eigenvalue weighted by atomic mass is 9.97. The second kappa shape index (κ2) is 11.5. The molecule has 0 amide bonds. The van der Waals surface area contributed by atoms with Gasteiger partial charge in [0.15, 0.2) is 0 Å². The van der Waals surface area contributed by atoms with E-state index in [2.05, 4.69) is 203 Å². The molecule has 0 aliphatic rings. The molecule has 2 aromatic heterocycles. The Bertz CT molecular complexity index is 2830. The van der Waals surface area contributed by atoms with E-state index in [9.17, 15) is 0 Å². The van der Waals surface area contributed by atoms with Crippen molar-refractivity contribution in [2.75, 3.05) is 0 Å². The summed E-state index contributed by atoms with van der Waals surface area (Å²) in [5.74, 6) is 0. The molecule has 2 heterocycles. The number of benzene rings is 8. The van der Waals surface area contributed by atoms with Crippen LogP contribution in [0, 0.1) is 0 Å². The summed E-state index contributed by atoms with van der Waals surface area (Å²) >= 11 is 0. The van der Waals surface area contributed by atoms with Crippen molar-refractivity contribution in [3.05, 3.63) is 194 Å². The lowest BCUT2D eigenvalue weighted by Gasteiger charge is -2.17. The third-order valence-corrected chi connectivity index (χ3v) is 10.1. The number of rotatable bonds is 5. The van der Waals surface area contributed by atoms with Crippen molar-refractivity contribution >= 4 is 43.6 Å². The molecule has 0 saturated heterocycles. The number of nitrogens with zero attached hydrogens (tertiary/aromatic N) is 2. The summed E-state index contributed by atoms with van der Waals surface area (Å²) in [6.07, 6.45) is 0. The second-order valence-electron chi connectivity index (χ2n) is 12.9. The molecule has 0 bridgehead atoms. The van der Waals surface area contributed by atoms with Gasteiger partial charge in [-0.1, -0.05) is 152 Å². The Morgan fingerprint density at radius 2 is 0.860 bits per heavy atom. The standard InChI is InChI=1S/C48H32N2/c1-5-15-33(16-6-1)36-26-29-44(42(31-36)35-19-9-3-10-20-35)50-43-24-14-13-23-39(43)40-28-30-45-47(48(40)50)41-27-25-37(34-17-7-2-8-18-34)32-46(41)49(45)38-21-11-4-12-22-38/h1-32H. The van der Waals surface area contributed by atoms with Crippen LogP contribution in [0.4, 0.5) is 0 Å². The first-order valence-corrected chi connectivity index (χ1v) is 17.2. The zero-order valence-corrected chi connectivity index (χ0v) is 27.4. The maximum atomic E-state index is 2.52. The zero-order valence-electron chi connectivity index (χ0n) is 27.4. The fourth-order valence-corrected chi connectivity index (χ4v) is 7.86. The van der Waals surface area contributed by atoms with Gasteiger partial charge in [-0.15, -0.1) is 0 Å². The van der Waals surface area contributed by atoms with Crippen LogP contribution in [0.1, 0.15) is 0 Å². The summed E-state index contributed by atoms with van der Waals surface area (Å²) in [5, 5.41) is 4.99. The van der Waals surface area contributed by atoms with E-state index in [0.29, 0.717) is 0 Å². The molecule has 10 aromatic rings. The number of aromatic nitrogens is 2. The van der Waals surface area contributed by atoms with Crippen molar-refractivity contribution in [3.8, 4) is 44.8 Å². The van der Waals surface area contributed by atoms with Gasteiger partial charge in [0.2, 0.25) is 0 Å². The predicted octanol–water partition coefficient (Wildman–Crippen LogP) is 12.9. The molecule has 234 valence electrons. The largest absolute Gasteiger partial charge is 0.309 e. The topological polar surface area (TPSA) is 9.86 Å². The van der Waals surface area contributed by atoms with Crippen molar-refractivity contribution in [3.63, 3.8) is 0 Å². The highest BCUT2D eigenvalue weighted by molar-refractivity contribution is 6.26. The summed E-state index contributed by atoms with van der Waals surface area (Å²) in [7, 11) is 0. The summed E-state index contributed by atoms with van der Waals surface area (Å²) < 4.78 is 4.96. The van der Waals surface area contributed by atoms with E-state index >= 15 is 0 Å². The van der Waals surface area contributed by atoms with Gasteiger partial charge in [-0.2, -0.15) is 0 Å². The molecule has 2 nitrogen and oxygen atoms in total. The van der Waals surface area contributed by atoms with Gasteiger partial charge in [0.1, 0.15) is 0 Å². The van der Waals surface area contributed by atoms with Gasteiger partial charge >= 0.3 is 0 Å². The molecule has 0 atom stereocenters. The van der Waals surface area contributed by atoms with E-state index in [4.69, 9.17) is 0 Å². The summed E-state index contributed by atoms with van der Waals surface area (Å²) in [6, 6.07) is 70.4. The molecule has 0 spiro atoms. The van der Waals surface area contributed by atoms with Gasteiger partial charge in [-0.25, -0.2) is 0 Å². The van der Waals surface area contributed by atoms with Crippen LogP contribution < -0.4 is 0 Å². The maximum absolute atomic E-state index is 2.52. The van der Waals surface area contributed by atoms with Crippen LogP contribution in [0.3, 0.4) is 0 Å². The molecular formula is C48H32N2. The Morgan fingerprint density at radius 3 is 1.56 bits per heavy atom. The highest BCUT2D eigenvalue weighted by atomic mass is 15.0. The van der Waals surface area contributed by atoms with Crippen LogP contribution >= 0.6 is 0 Å². The van der Waals surface area contributed by atoms with Crippen molar-refractivity contribution in [1.82, 2.24) is 9.13 Å². The summed E-state index contributed by atoms with van der Waals surface area (Å²) in [6.45, 7) is 0. The van der Waals surface area contributed by atoms with Crippen LogP contribution in [0.5, 0.6) is 0 Å². The maximum Gasteiger partial charge on any atom is 0.0641 e. The van der Waals surface area contributed by atoms with E-state index < -0.39 is 0 Å². The van der Waals surface area contributed by atoms with E-state index in [1.807, 2.05) is 0 Å². The van der Waals surface area contributed by atoms with Crippen molar-refractivity contribution in [2.45, 2.75) is 0 Å². The first kappa shape index (κ1) is 28.4. The smallest absolute Gasteiger partial charge is 0.0641 e. The molecule has 0 aliphatic carbocycles. The molecule has 0 aliphatic heterocycles. The minimum atomic E-state index is 1.15. The lowest BCUT2D eigenvalue weighted by molar-refractivity contribution is 1.17. The van der Waals surface area contributed by atoms with E-state index in [-0.39, 0.29) is 0 Å². The van der Waals surface area contributed by atoms with Gasteiger partial charge in [0, 0.05) is 32.8 Å². The fraction of sp³-hybridized carbons (Fsp3) is 0. The Kier molecular flexibility index (Phi) is 6.53. The first-order chi connectivity index (χ1) is 24.8. The quantitative estimate of drug-likeness (QED) is 0.178. The number of fused-ring (bicyclic) bond motifs is 7. The molecular weight excluding hydrogens is 605 g/mol. The highest BCUT2D eigenvalue weighted by Gasteiger charge is 2.23. The minimum Gasteiger partial charge on any atom is -0.309 e. The van der Waals surface area contributed by atoms with Crippen LogP contribution in [-0.2, 0) is 0 Å². The first-order valence-electron chi connectivity index (χ1n) is 17.2. The molecule has 8 aromatic carbocycles. The van der Waals surface area contributed by atoms with Crippen LogP contribution in [-0.4, -0.2) is 9.13 Å². The zero-order chi connectivity index (χ0) is 33.0. The molecule has 2 heteroatoms. The van der Waals surface area contributed by atoms with E-state index in [1.165, 1.54) is 77.0 Å². The average molecular weight is 637 g/mol. The van der Waals surface area contributed by atoms with Gasteiger partial charge in [0.05, 0.1) is 27.8 Å². The Hall–Kier alpha value is -6.64. The fourth-order valence-electron chi connectivity index (χ4n) is 7.86. The predicted molar refractivity (Wildman–Crippen MR) is 211 cm³/mol. The third kappa shape index (κ3) is 4.43. The Balaban J connectivity index is 1.36. The second-order valence-corrected chi connectivity index (χ2v) is 12.9. The van der Waals surface area contributed by atoms with E-state index in [0.717, 1.165) is 11.4 Å². The van der Waals surface area contributed by atoms with Crippen LogP contribution in [0.15, 0.2) is 194 Å². The van der Waals surface area contributed by atoms with Gasteiger partial charge in [-0.05, 0) is 70.3 Å². The number of hydrogen-bond donors (Lipinski definition) is 0. The van der Waals surface area contributed by atoms with Crippen LogP contribution in [0.25, 0.3) is 88.4 Å². The van der Waals surface area contributed by atoms with Crippen molar-refractivity contribution < 1.29 is 0 Å². The normalized spacial score (nSPS) is 11.6. The minimum absolute atomic E-state index is 1.15. The molecule has 10 rings (SSSR count). The lowest BCUT2D eigenvalue weighted by Crippen LogP contribution is -1.98. The van der Waals surface area contributed by atoms with Gasteiger partial charge in [-0.3, -0.25) is 0 Å². The molecule has 0 unspecified atom stereocenters. The molecule has 0 N–H and O–H groups in total. The van der Waals surface area contributed by atoms with Crippen molar-refractivity contribution in [1.29, 1.82) is 0 Å². The molecule has 0 radical (unpaired) electrons. The summed E-state index contributed by atoms with van der Waals surface area (Å²) in [4.78, 5) is 0. The van der Waals surface area contributed by atoms with E-state index in [1.54, 1.807) is 0 Å². The highest BCUT2D eigenvalue weighted by Crippen LogP contribution is 2.44. The SMILES string of the molecule is c1ccc(-c2ccc(-n3c4ccccc4c4ccc5c(c6ccc(-c7ccccc7)cc6n5-c5ccccc5)c43)c(-c3ccccc3)c2)cc1. The summed E-state index contributed by atoms with van der Waals surface area (Å²) in [5.41, 5.74) is 14.3. The molecule has 50 heavy (non-hydrogen) atoms. The number of para-hydroxylation sites is 2. The van der Waals surface area contributed by atoms with Crippen LogP contribution in [0.2, 0.25) is 0 Å². The van der Waals surface area contributed by atoms with Gasteiger partial charge in [0.25, 0.3) is 0 Å². The molecule has 0 saturated carbocycles. The Labute approximate surface area is 290 Å². The van der Waals surface area contributed by atoms with Gasteiger partial charge < -0.3 is 9.13 Å². The third-order valence-electron chi connectivity index (χ3n) is 10.1. The van der Waals surface area contributed by atoms with Crippen molar-refractivity contribution in [2.24, 2.45) is 0 Å². The Morgan fingerprint density at radius 1 is 0.300 bits per heavy atom. The monoisotopic (exact) mass is 636 g/mol. The average Bonchev–Trinajstić information content (AvgIpc) is 3.71. The number of hydrogen-bond acceptors (Lipinski definition) is 0.